The van der Waals surface area contributed by atoms with Crippen molar-refractivity contribution in [3.8, 4) is 0 Å². The van der Waals surface area contributed by atoms with Gasteiger partial charge in [0, 0.05) is 18.4 Å². The van der Waals surface area contributed by atoms with Crippen LogP contribution in [0.25, 0.3) is 0 Å². The molecule has 0 saturated carbocycles. The Bertz CT molecular complexity index is 299. The largest absolute Gasteiger partial charge is 0.417 e. The van der Waals surface area contributed by atoms with Crippen LogP contribution >= 0.6 is 12.4 Å². The van der Waals surface area contributed by atoms with Crippen LogP contribution in [0.5, 0.6) is 0 Å². The van der Waals surface area contributed by atoms with Gasteiger partial charge < -0.3 is 5.73 Å². The molecule has 14 heavy (non-hydrogen) atoms. The minimum atomic E-state index is -4.35. The van der Waals surface area contributed by atoms with E-state index in [0.29, 0.717) is 5.56 Å². The number of halogens is 4. The molecule has 80 valence electrons. The van der Waals surface area contributed by atoms with Crippen molar-refractivity contribution in [2.24, 2.45) is 5.73 Å². The molecular formula is C8H10ClF3N2. The van der Waals surface area contributed by atoms with Crippen LogP contribution in [0.3, 0.4) is 0 Å². The number of alkyl halides is 3. The molecule has 1 aromatic heterocycles. The van der Waals surface area contributed by atoms with Crippen molar-refractivity contribution in [1.82, 2.24) is 4.98 Å². The van der Waals surface area contributed by atoms with Gasteiger partial charge in [-0.2, -0.15) is 13.2 Å². The molecule has 0 unspecified atom stereocenters. The summed E-state index contributed by atoms with van der Waals surface area (Å²) in [6, 6.07) is 0.576. The molecule has 1 atom stereocenters. The molecule has 0 fully saturated rings. The van der Waals surface area contributed by atoms with E-state index in [4.69, 9.17) is 5.73 Å². The predicted molar refractivity (Wildman–Crippen MR) is 49.1 cm³/mol. The van der Waals surface area contributed by atoms with Gasteiger partial charge in [-0.25, -0.2) is 0 Å². The lowest BCUT2D eigenvalue weighted by Crippen LogP contribution is -2.10. The Balaban J connectivity index is 0.00000169. The average Bonchev–Trinajstić information content (AvgIpc) is 2.03. The fraction of sp³-hybridized carbons (Fsp3) is 0.375. The van der Waals surface area contributed by atoms with E-state index in [9.17, 15) is 13.2 Å². The summed E-state index contributed by atoms with van der Waals surface area (Å²) in [4.78, 5) is 3.47. The third-order valence-corrected chi connectivity index (χ3v) is 1.61. The lowest BCUT2D eigenvalue weighted by atomic mass is 10.1. The number of nitrogens with zero attached hydrogens (tertiary/aromatic N) is 1. The van der Waals surface area contributed by atoms with Crippen LogP contribution in [0, 0.1) is 0 Å². The van der Waals surface area contributed by atoms with Gasteiger partial charge in [0.05, 0.1) is 5.56 Å². The summed E-state index contributed by atoms with van der Waals surface area (Å²) in [5.74, 6) is 0. The second kappa shape index (κ2) is 4.61. The third kappa shape index (κ3) is 3.16. The molecule has 0 spiro atoms. The van der Waals surface area contributed by atoms with Crippen molar-refractivity contribution in [2.45, 2.75) is 19.1 Å². The van der Waals surface area contributed by atoms with Crippen LogP contribution in [-0.4, -0.2) is 4.98 Å². The molecule has 1 heterocycles. The van der Waals surface area contributed by atoms with Crippen LogP contribution in [0.1, 0.15) is 24.1 Å². The summed E-state index contributed by atoms with van der Waals surface area (Å²) in [6.07, 6.45) is -2.23. The molecule has 1 rings (SSSR count). The first kappa shape index (κ1) is 13.2. The maximum absolute atomic E-state index is 12.2. The Hall–Kier alpha value is -0.810. The van der Waals surface area contributed by atoms with E-state index in [2.05, 4.69) is 4.98 Å². The van der Waals surface area contributed by atoms with E-state index in [1.807, 2.05) is 0 Å². The Labute approximate surface area is 85.7 Å². The van der Waals surface area contributed by atoms with Crippen molar-refractivity contribution in [2.75, 3.05) is 0 Å². The second-order valence-corrected chi connectivity index (χ2v) is 2.79. The zero-order valence-electron chi connectivity index (χ0n) is 7.38. The highest BCUT2D eigenvalue weighted by Gasteiger charge is 2.31. The van der Waals surface area contributed by atoms with Crippen molar-refractivity contribution >= 4 is 12.4 Å². The zero-order valence-corrected chi connectivity index (χ0v) is 8.19. The van der Waals surface area contributed by atoms with Crippen LogP contribution in [0.15, 0.2) is 18.5 Å². The number of hydrogen-bond acceptors (Lipinski definition) is 2. The molecule has 2 N–H and O–H groups in total. The molecule has 0 aromatic carbocycles. The molecule has 0 saturated heterocycles. The fourth-order valence-electron chi connectivity index (χ4n) is 0.862. The van der Waals surface area contributed by atoms with Crippen molar-refractivity contribution in [3.05, 3.63) is 29.6 Å². The first-order valence-corrected chi connectivity index (χ1v) is 3.69. The van der Waals surface area contributed by atoms with Gasteiger partial charge in [-0.15, -0.1) is 12.4 Å². The zero-order chi connectivity index (χ0) is 10.1. The van der Waals surface area contributed by atoms with Crippen molar-refractivity contribution in [3.63, 3.8) is 0 Å². The molecule has 6 heteroatoms. The maximum atomic E-state index is 12.2. The van der Waals surface area contributed by atoms with Gasteiger partial charge in [0.25, 0.3) is 0 Å². The molecule has 0 amide bonds. The smallest absolute Gasteiger partial charge is 0.324 e. The molecule has 0 aliphatic carbocycles. The highest BCUT2D eigenvalue weighted by molar-refractivity contribution is 5.85. The lowest BCUT2D eigenvalue weighted by Gasteiger charge is -2.09. The lowest BCUT2D eigenvalue weighted by molar-refractivity contribution is -0.137. The quantitative estimate of drug-likeness (QED) is 0.799. The molecule has 0 aliphatic heterocycles. The van der Waals surface area contributed by atoms with E-state index in [-0.39, 0.29) is 12.4 Å². The van der Waals surface area contributed by atoms with Crippen LogP contribution in [0.2, 0.25) is 0 Å². The fourth-order valence-corrected chi connectivity index (χ4v) is 0.862. The van der Waals surface area contributed by atoms with E-state index < -0.39 is 17.8 Å². The predicted octanol–water partition coefficient (Wildman–Crippen LogP) is 2.54. The number of rotatable bonds is 1. The van der Waals surface area contributed by atoms with Gasteiger partial charge in [0.1, 0.15) is 0 Å². The summed E-state index contributed by atoms with van der Waals surface area (Å²) < 4.78 is 36.5. The Morgan fingerprint density at radius 3 is 2.36 bits per heavy atom. The van der Waals surface area contributed by atoms with Gasteiger partial charge in [0.2, 0.25) is 0 Å². The third-order valence-electron chi connectivity index (χ3n) is 1.61. The van der Waals surface area contributed by atoms with Gasteiger partial charge >= 0.3 is 6.18 Å². The van der Waals surface area contributed by atoms with Crippen molar-refractivity contribution < 1.29 is 13.2 Å². The molecular weight excluding hydrogens is 217 g/mol. The number of hydrogen-bond donors (Lipinski definition) is 1. The summed E-state index contributed by atoms with van der Waals surface area (Å²) in [6.45, 7) is 1.61. The molecule has 0 radical (unpaired) electrons. The highest BCUT2D eigenvalue weighted by Crippen LogP contribution is 2.29. The Kier molecular flexibility index (Phi) is 4.35. The van der Waals surface area contributed by atoms with E-state index in [1.165, 1.54) is 6.20 Å². The highest BCUT2D eigenvalue weighted by atomic mass is 35.5. The second-order valence-electron chi connectivity index (χ2n) is 2.79. The van der Waals surface area contributed by atoms with Crippen LogP contribution in [-0.2, 0) is 6.18 Å². The summed E-state index contributed by atoms with van der Waals surface area (Å²) in [7, 11) is 0. The van der Waals surface area contributed by atoms with Crippen LogP contribution < -0.4 is 5.73 Å². The molecule has 0 bridgehead atoms. The standard InChI is InChI=1S/C8H9F3N2.ClH/c1-5(12)6-2-7(4-13-3-6)8(9,10)11;/h2-5H,12H2,1H3;1H/t5-;/m1./s1. The van der Waals surface area contributed by atoms with E-state index >= 15 is 0 Å². The molecule has 1 aromatic rings. The van der Waals surface area contributed by atoms with Gasteiger partial charge in [-0.1, -0.05) is 0 Å². The minimum absolute atomic E-state index is 0. The SMILES string of the molecule is C[C@@H](N)c1cncc(C(F)(F)F)c1.Cl. The first-order valence-electron chi connectivity index (χ1n) is 3.69. The normalized spacial score (nSPS) is 13.2. The minimum Gasteiger partial charge on any atom is -0.324 e. The Morgan fingerprint density at radius 2 is 1.93 bits per heavy atom. The number of aromatic nitrogens is 1. The Morgan fingerprint density at radius 1 is 1.36 bits per heavy atom. The summed E-state index contributed by atoms with van der Waals surface area (Å²) in [5.41, 5.74) is 5.04. The maximum Gasteiger partial charge on any atom is 0.417 e. The first-order chi connectivity index (χ1) is 5.91. The van der Waals surface area contributed by atoms with Gasteiger partial charge in [0.15, 0.2) is 0 Å². The summed E-state index contributed by atoms with van der Waals surface area (Å²) in [5, 5.41) is 0. The molecule has 0 aliphatic rings. The number of nitrogens with two attached hydrogens (primary N) is 1. The van der Waals surface area contributed by atoms with E-state index in [0.717, 1.165) is 12.3 Å². The molecule has 2 nitrogen and oxygen atoms in total. The number of pyridine rings is 1. The van der Waals surface area contributed by atoms with Crippen LogP contribution in [0.4, 0.5) is 13.2 Å². The summed E-state index contributed by atoms with van der Waals surface area (Å²) >= 11 is 0. The van der Waals surface area contributed by atoms with Crippen molar-refractivity contribution in [1.29, 1.82) is 0 Å². The van der Waals surface area contributed by atoms with E-state index in [1.54, 1.807) is 6.92 Å². The average molecular weight is 227 g/mol. The monoisotopic (exact) mass is 226 g/mol. The van der Waals surface area contributed by atoms with Gasteiger partial charge in [-0.3, -0.25) is 4.98 Å². The topological polar surface area (TPSA) is 38.9 Å². The van der Waals surface area contributed by atoms with Gasteiger partial charge in [-0.05, 0) is 18.6 Å².